The topological polar surface area (TPSA) is 231 Å². The number of carbonyl (C=O) groups excluding carboxylic acids is 1. The second kappa shape index (κ2) is 21.6. The molecule has 0 aromatic rings. The van der Waals surface area contributed by atoms with Crippen molar-refractivity contribution in [2.24, 2.45) is 0 Å². The molecule has 0 aliphatic heterocycles. The summed E-state index contributed by atoms with van der Waals surface area (Å²) in [6, 6.07) is 0. The first-order valence-corrected chi connectivity index (χ1v) is 3.99. The lowest BCUT2D eigenvalue weighted by molar-refractivity contribution is -0.896. The van der Waals surface area contributed by atoms with E-state index >= 15 is 0 Å². The molecule has 0 spiro atoms. The Bertz CT molecular complexity index is 224. The first kappa shape index (κ1) is 22.6. The maximum Gasteiger partial charge on any atom is 0.334 e. The van der Waals surface area contributed by atoms with Gasteiger partial charge in [-0.2, -0.15) is 0 Å². The molecule has 1 N–H and O–H groups in total. The van der Waals surface area contributed by atoms with E-state index in [1.807, 2.05) is 0 Å². The maximum atomic E-state index is 9.49. The largest absolute Gasteiger partial charge is 0.334 e. The fourth-order valence-electron chi connectivity index (χ4n) is 0.237. The minimum atomic E-state index is -0.158. The van der Waals surface area contributed by atoms with Gasteiger partial charge in [0.15, 0.2) is 0 Å². The highest BCUT2D eigenvalue weighted by atomic mass is 18.0. The summed E-state index contributed by atoms with van der Waals surface area (Å²) in [6.07, 6.45) is 0. The number of rotatable bonds is 21. The van der Waals surface area contributed by atoms with Gasteiger partial charge < -0.3 is 0 Å². The van der Waals surface area contributed by atoms with Gasteiger partial charge in [-0.1, -0.05) is 0 Å². The van der Waals surface area contributed by atoms with Crippen molar-refractivity contribution in [3.8, 4) is 0 Å². The molecule has 144 valence electrons. The molecule has 0 aromatic carbocycles. The van der Waals surface area contributed by atoms with Crippen LogP contribution in [0.3, 0.4) is 0 Å². The number of hydrogen-bond donors (Lipinski definition) is 1. The van der Waals surface area contributed by atoms with Gasteiger partial charge >= 0.3 is 6.47 Å². The van der Waals surface area contributed by atoms with Crippen LogP contribution in [-0.4, -0.2) is 11.7 Å². The molecule has 0 fully saturated rings. The molecule has 0 saturated heterocycles. The molecule has 0 atom stereocenters. The van der Waals surface area contributed by atoms with E-state index in [1.165, 1.54) is 0 Å². The second-order valence-electron chi connectivity index (χ2n) is 1.56. The summed E-state index contributed by atoms with van der Waals surface area (Å²) in [7, 11) is 0. The Morgan fingerprint density at radius 3 is 0.917 bits per heavy atom. The van der Waals surface area contributed by atoms with Crippen molar-refractivity contribution in [1.82, 2.24) is 0 Å². The number of carbonyl (C=O) groups is 1. The molecule has 0 unspecified atom stereocenters. The van der Waals surface area contributed by atoms with Crippen molar-refractivity contribution in [1.29, 1.82) is 0 Å². The third-order valence-electron chi connectivity index (χ3n) is 0.609. The molecular weight excluding hydrogens is 380 g/mol. The molecule has 23 nitrogen and oxygen atoms in total. The average Bonchev–Trinajstić information content (AvgIpc) is 2.60. The number of hydrogen-bond acceptors (Lipinski definition) is 23. The molecule has 24 heavy (non-hydrogen) atoms. The van der Waals surface area contributed by atoms with Gasteiger partial charge in [0, 0.05) is 60.5 Å². The Morgan fingerprint density at radius 2 is 0.667 bits per heavy atom. The van der Waals surface area contributed by atoms with Crippen LogP contribution in [0.1, 0.15) is 0 Å². The molecule has 23 heteroatoms. The van der Waals surface area contributed by atoms with Crippen LogP contribution < -0.4 is 0 Å². The smallest absolute Gasteiger partial charge is 0.270 e. The Hall–Kier alpha value is -1.37. The summed E-state index contributed by atoms with van der Waals surface area (Å²) in [5.41, 5.74) is 0. The fraction of sp³-hybridized carbons (Fsp3) is 0. The Labute approximate surface area is 124 Å². The summed E-state index contributed by atoms with van der Waals surface area (Å²) in [6.45, 7) is -0.158. The van der Waals surface area contributed by atoms with Crippen LogP contribution in [-0.2, 0) is 110 Å². The van der Waals surface area contributed by atoms with Crippen LogP contribution >= 0.6 is 0 Å². The van der Waals surface area contributed by atoms with Gasteiger partial charge in [-0.05, 0) is 40.3 Å². The molecule has 0 aliphatic carbocycles. The van der Waals surface area contributed by atoms with Crippen molar-refractivity contribution >= 4 is 6.47 Å². The van der Waals surface area contributed by atoms with Gasteiger partial charge in [-0.15, -0.1) is 0 Å². The van der Waals surface area contributed by atoms with Crippen LogP contribution in [0.2, 0.25) is 0 Å². The van der Waals surface area contributed by atoms with Gasteiger partial charge in [0.25, 0.3) is 0 Å². The van der Waals surface area contributed by atoms with Gasteiger partial charge in [0.05, 0.1) is 0 Å². The van der Waals surface area contributed by atoms with Crippen molar-refractivity contribution in [2.45, 2.75) is 0 Å². The van der Waals surface area contributed by atoms with E-state index in [0.717, 1.165) is 0 Å². The predicted molar refractivity (Wildman–Crippen MR) is 31.5 cm³/mol. The third kappa shape index (κ3) is 20.6. The third-order valence-corrected chi connectivity index (χ3v) is 0.609. The van der Waals surface area contributed by atoms with E-state index in [0.29, 0.717) is 0 Å². The molecule has 0 aromatic heterocycles. The van der Waals surface area contributed by atoms with Crippen LogP contribution in [0.25, 0.3) is 0 Å². The maximum absolute atomic E-state index is 9.49. The highest BCUT2D eigenvalue weighted by molar-refractivity contribution is 5.35. The van der Waals surface area contributed by atoms with Crippen molar-refractivity contribution in [2.75, 3.05) is 0 Å². The van der Waals surface area contributed by atoms with E-state index in [-0.39, 0.29) is 6.47 Å². The lowest BCUT2D eigenvalue weighted by Crippen LogP contribution is -2.05. The Kier molecular flexibility index (Phi) is 20.4. The normalized spacial score (nSPS) is 10.9. The average molecular weight is 382 g/mol. The zero-order chi connectivity index (χ0) is 17.6. The molecule has 0 aliphatic rings. The Balaban J connectivity index is 2.94. The van der Waals surface area contributed by atoms with Crippen LogP contribution in [0.5, 0.6) is 0 Å². The van der Waals surface area contributed by atoms with Gasteiger partial charge in [-0.25, -0.2) is 5.26 Å². The molecule has 0 rings (SSSR count). The standard InChI is InChI=1S/CH2O23/c2-1-4-6-8-10-12-14-16-18-20-22-24-23-21-19-17-15-13-11-9-7-5-3/h1,3H. The summed E-state index contributed by atoms with van der Waals surface area (Å²) in [4.78, 5) is 13.0. The molecular formula is CH2O23. The monoisotopic (exact) mass is 382 g/mol. The second-order valence-corrected chi connectivity index (χ2v) is 1.56. The first-order valence-electron chi connectivity index (χ1n) is 3.99. The lowest BCUT2D eigenvalue weighted by atomic mass is 11.7. The SMILES string of the molecule is O=COOOOOOOOOOOOOOOOOOOOOO. The Morgan fingerprint density at radius 1 is 0.417 bits per heavy atom. The van der Waals surface area contributed by atoms with Crippen molar-refractivity contribution in [3.63, 3.8) is 0 Å². The first-order chi connectivity index (χ1) is 11.9. The van der Waals surface area contributed by atoms with E-state index in [9.17, 15) is 4.79 Å². The van der Waals surface area contributed by atoms with Crippen LogP contribution in [0.4, 0.5) is 0 Å². The van der Waals surface area contributed by atoms with Crippen molar-refractivity contribution < 1.29 is 116 Å². The predicted octanol–water partition coefficient (Wildman–Crippen LogP) is -1.74. The summed E-state index contributed by atoms with van der Waals surface area (Å²) in [5, 5.41) is 75.7. The van der Waals surface area contributed by atoms with E-state index in [1.54, 1.807) is 0 Å². The quantitative estimate of drug-likeness (QED) is 0.100. The van der Waals surface area contributed by atoms with Gasteiger partial charge in [-0.3, -0.25) is 9.68 Å². The van der Waals surface area contributed by atoms with E-state index in [2.05, 4.69) is 106 Å². The summed E-state index contributed by atoms with van der Waals surface area (Å²) in [5.74, 6) is 0. The lowest BCUT2D eigenvalue weighted by Gasteiger charge is -1.98. The van der Waals surface area contributed by atoms with E-state index in [4.69, 9.17) is 5.26 Å². The zero-order valence-corrected chi connectivity index (χ0v) is 10.0. The molecule has 0 amide bonds. The van der Waals surface area contributed by atoms with Crippen LogP contribution in [0, 0.1) is 0 Å². The molecule has 0 bridgehead atoms. The molecule has 0 saturated carbocycles. The van der Waals surface area contributed by atoms with Crippen molar-refractivity contribution in [3.05, 3.63) is 0 Å². The summed E-state index contributed by atoms with van der Waals surface area (Å²) < 4.78 is 0. The van der Waals surface area contributed by atoms with Gasteiger partial charge in [0.1, 0.15) is 0 Å². The molecule has 0 heterocycles. The minimum Gasteiger partial charge on any atom is -0.270 e. The highest BCUT2D eigenvalue weighted by Crippen LogP contribution is 1.93. The summed E-state index contributed by atoms with van der Waals surface area (Å²) >= 11 is 0. The minimum absolute atomic E-state index is 0.158. The fourth-order valence-corrected chi connectivity index (χ4v) is 0.237. The highest BCUT2D eigenvalue weighted by Gasteiger charge is 2.00. The van der Waals surface area contributed by atoms with Gasteiger partial charge in [0.2, 0.25) is 0 Å². The van der Waals surface area contributed by atoms with E-state index < -0.39 is 0 Å². The molecule has 0 radical (unpaired) electrons. The van der Waals surface area contributed by atoms with Crippen LogP contribution in [0.15, 0.2) is 0 Å². The zero-order valence-electron chi connectivity index (χ0n) is 10.0.